The van der Waals surface area contributed by atoms with Crippen LogP contribution in [0.15, 0.2) is 58.5 Å². The number of nitrogens with two attached hydrogens (primary N) is 2. The molecule has 2 aromatic rings. The van der Waals surface area contributed by atoms with Crippen molar-refractivity contribution in [1.82, 2.24) is 0 Å². The predicted octanol–water partition coefficient (Wildman–Crippen LogP) is 4.13. The van der Waals surface area contributed by atoms with Gasteiger partial charge in [-0.3, -0.25) is 4.90 Å². The SMILES string of the molecule is COc1ccc(C(C)(C)c2ccccc2)cc1N1C(N)=NC(N)=NC12CCCCC2. The van der Waals surface area contributed by atoms with E-state index in [1.165, 1.54) is 17.5 Å². The number of nitrogens with zero attached hydrogens (tertiary/aromatic N) is 3. The number of rotatable bonds is 4. The van der Waals surface area contributed by atoms with Crippen molar-refractivity contribution in [1.29, 1.82) is 0 Å². The minimum Gasteiger partial charge on any atom is -0.495 e. The van der Waals surface area contributed by atoms with Gasteiger partial charge in [0, 0.05) is 5.41 Å². The summed E-state index contributed by atoms with van der Waals surface area (Å²) >= 11 is 0. The largest absolute Gasteiger partial charge is 0.495 e. The summed E-state index contributed by atoms with van der Waals surface area (Å²) in [6.07, 6.45) is 5.13. The molecule has 1 fully saturated rings. The molecule has 0 amide bonds. The number of ether oxygens (including phenoxy) is 1. The average Bonchev–Trinajstić information content (AvgIpc) is 2.74. The van der Waals surface area contributed by atoms with Crippen LogP contribution in [0, 0.1) is 0 Å². The van der Waals surface area contributed by atoms with E-state index >= 15 is 0 Å². The van der Waals surface area contributed by atoms with Crippen molar-refractivity contribution < 1.29 is 4.74 Å². The highest BCUT2D eigenvalue weighted by Crippen LogP contribution is 2.44. The Morgan fingerprint density at radius 2 is 1.67 bits per heavy atom. The first kappa shape index (κ1) is 20.3. The maximum atomic E-state index is 6.46. The van der Waals surface area contributed by atoms with Crippen molar-refractivity contribution in [3.63, 3.8) is 0 Å². The molecule has 1 heterocycles. The van der Waals surface area contributed by atoms with Gasteiger partial charge in [-0.2, -0.15) is 4.99 Å². The number of hydrogen-bond donors (Lipinski definition) is 2. The third-order valence-electron chi connectivity index (χ3n) is 6.49. The van der Waals surface area contributed by atoms with Crippen molar-refractivity contribution in [3.05, 3.63) is 59.7 Å². The molecule has 6 heteroatoms. The summed E-state index contributed by atoms with van der Waals surface area (Å²) < 4.78 is 5.75. The first-order chi connectivity index (χ1) is 14.4. The highest BCUT2D eigenvalue weighted by atomic mass is 16.5. The van der Waals surface area contributed by atoms with Crippen LogP contribution in [0.3, 0.4) is 0 Å². The summed E-state index contributed by atoms with van der Waals surface area (Å²) in [5, 5.41) is 0. The zero-order valence-corrected chi connectivity index (χ0v) is 18.1. The maximum absolute atomic E-state index is 6.46. The Hall–Kier alpha value is -3.02. The van der Waals surface area contributed by atoms with E-state index in [-0.39, 0.29) is 11.4 Å². The molecule has 0 atom stereocenters. The zero-order chi connectivity index (χ0) is 21.4. The average molecular weight is 406 g/mol. The third kappa shape index (κ3) is 3.40. The van der Waals surface area contributed by atoms with E-state index in [1.807, 2.05) is 17.0 Å². The first-order valence-electron chi connectivity index (χ1n) is 10.6. The van der Waals surface area contributed by atoms with Gasteiger partial charge in [0.2, 0.25) is 11.9 Å². The highest BCUT2D eigenvalue weighted by Gasteiger charge is 2.44. The number of guanidine groups is 2. The molecule has 1 saturated carbocycles. The summed E-state index contributed by atoms with van der Waals surface area (Å²) in [4.78, 5) is 11.2. The van der Waals surface area contributed by atoms with Gasteiger partial charge < -0.3 is 16.2 Å². The molecule has 1 aliphatic heterocycles. The van der Waals surface area contributed by atoms with Gasteiger partial charge in [0.25, 0.3) is 0 Å². The van der Waals surface area contributed by atoms with Crippen molar-refractivity contribution in [2.45, 2.75) is 57.0 Å². The lowest BCUT2D eigenvalue weighted by Gasteiger charge is -2.46. The minimum absolute atomic E-state index is 0.188. The molecule has 0 bridgehead atoms. The number of benzene rings is 2. The maximum Gasteiger partial charge on any atom is 0.220 e. The van der Waals surface area contributed by atoms with Crippen molar-refractivity contribution in [2.24, 2.45) is 21.5 Å². The summed E-state index contributed by atoms with van der Waals surface area (Å²) in [6.45, 7) is 4.46. The Kier molecular flexibility index (Phi) is 5.18. The van der Waals surface area contributed by atoms with Gasteiger partial charge in [-0.15, -0.1) is 0 Å². The van der Waals surface area contributed by atoms with E-state index in [4.69, 9.17) is 21.2 Å². The Morgan fingerprint density at radius 1 is 0.967 bits per heavy atom. The van der Waals surface area contributed by atoms with Gasteiger partial charge in [0.1, 0.15) is 11.4 Å². The van der Waals surface area contributed by atoms with E-state index in [1.54, 1.807) is 7.11 Å². The third-order valence-corrected chi connectivity index (χ3v) is 6.49. The van der Waals surface area contributed by atoms with E-state index in [0.717, 1.165) is 37.1 Å². The fourth-order valence-electron chi connectivity index (χ4n) is 4.74. The predicted molar refractivity (Wildman–Crippen MR) is 123 cm³/mol. The monoisotopic (exact) mass is 405 g/mol. The molecule has 0 saturated heterocycles. The van der Waals surface area contributed by atoms with Crippen LogP contribution in [-0.4, -0.2) is 24.7 Å². The van der Waals surface area contributed by atoms with E-state index in [0.29, 0.717) is 5.96 Å². The van der Waals surface area contributed by atoms with Crippen LogP contribution < -0.4 is 21.1 Å². The van der Waals surface area contributed by atoms with Gasteiger partial charge in [-0.05, 0) is 48.9 Å². The molecule has 4 N–H and O–H groups in total. The van der Waals surface area contributed by atoms with Crippen molar-refractivity contribution in [2.75, 3.05) is 12.0 Å². The lowest BCUT2D eigenvalue weighted by atomic mass is 9.77. The van der Waals surface area contributed by atoms with Crippen LogP contribution in [-0.2, 0) is 5.41 Å². The van der Waals surface area contributed by atoms with Crippen LogP contribution >= 0.6 is 0 Å². The molecule has 158 valence electrons. The fraction of sp³-hybridized carbons (Fsp3) is 0.417. The van der Waals surface area contributed by atoms with E-state index in [9.17, 15) is 0 Å². The molecule has 0 radical (unpaired) electrons. The second-order valence-corrected chi connectivity index (χ2v) is 8.70. The normalized spacial score (nSPS) is 18.7. The molecule has 1 aliphatic carbocycles. The Labute approximate surface area is 178 Å². The van der Waals surface area contributed by atoms with Gasteiger partial charge in [0.15, 0.2) is 0 Å². The highest BCUT2D eigenvalue weighted by molar-refractivity contribution is 6.06. The number of hydrogen-bond acceptors (Lipinski definition) is 6. The second kappa shape index (κ2) is 7.67. The summed E-state index contributed by atoms with van der Waals surface area (Å²) in [6, 6.07) is 16.8. The smallest absolute Gasteiger partial charge is 0.220 e. The summed E-state index contributed by atoms with van der Waals surface area (Å²) in [5.74, 6) is 1.38. The van der Waals surface area contributed by atoms with Crippen molar-refractivity contribution in [3.8, 4) is 5.75 Å². The molecular weight excluding hydrogens is 374 g/mol. The van der Waals surface area contributed by atoms with Crippen LogP contribution in [0.25, 0.3) is 0 Å². The number of anilines is 1. The Balaban J connectivity index is 1.85. The molecule has 6 nitrogen and oxygen atoms in total. The minimum atomic E-state index is -0.503. The zero-order valence-electron chi connectivity index (χ0n) is 18.1. The fourth-order valence-corrected chi connectivity index (χ4v) is 4.74. The lowest BCUT2D eigenvalue weighted by molar-refractivity contribution is 0.303. The van der Waals surface area contributed by atoms with E-state index in [2.05, 4.69) is 55.2 Å². The number of aliphatic imine (C=N–C) groups is 2. The molecule has 4 rings (SSSR count). The summed E-state index contributed by atoms with van der Waals surface area (Å²) in [7, 11) is 1.68. The Morgan fingerprint density at radius 3 is 2.33 bits per heavy atom. The van der Waals surface area contributed by atoms with Crippen LogP contribution in [0.5, 0.6) is 5.75 Å². The van der Waals surface area contributed by atoms with Gasteiger partial charge in [0.05, 0.1) is 12.8 Å². The van der Waals surface area contributed by atoms with Crippen LogP contribution in [0.2, 0.25) is 0 Å². The van der Waals surface area contributed by atoms with Crippen LogP contribution in [0.1, 0.15) is 57.1 Å². The van der Waals surface area contributed by atoms with Gasteiger partial charge >= 0.3 is 0 Å². The molecule has 1 spiro atoms. The molecule has 0 aromatic heterocycles. The molecule has 30 heavy (non-hydrogen) atoms. The topological polar surface area (TPSA) is 89.2 Å². The van der Waals surface area contributed by atoms with Gasteiger partial charge in [-0.25, -0.2) is 4.99 Å². The Bertz CT molecular complexity index is 974. The van der Waals surface area contributed by atoms with Gasteiger partial charge in [-0.1, -0.05) is 56.7 Å². The quantitative estimate of drug-likeness (QED) is 0.800. The molecular formula is C24H31N5O. The lowest BCUT2D eigenvalue weighted by Crippen LogP contribution is -2.58. The second-order valence-electron chi connectivity index (χ2n) is 8.70. The summed E-state index contributed by atoms with van der Waals surface area (Å²) in [5.41, 5.74) is 15.1. The molecule has 0 unspecified atom stereocenters. The van der Waals surface area contributed by atoms with Crippen molar-refractivity contribution >= 4 is 17.6 Å². The molecule has 2 aliphatic rings. The molecule has 2 aromatic carbocycles. The standard InChI is InChI=1S/C24H31N5O/c1-23(2,17-10-6-4-7-11-17)18-12-13-20(30-3)19(16-18)29-22(26)27-21(25)28-24(29)14-8-5-9-15-24/h4,6-7,10-13,16H,5,8-9,14-15H2,1-3H3,(H4,25,26,27,28). The van der Waals surface area contributed by atoms with E-state index < -0.39 is 5.66 Å². The van der Waals surface area contributed by atoms with Crippen LogP contribution in [0.4, 0.5) is 5.69 Å². The first-order valence-corrected chi connectivity index (χ1v) is 10.6. The number of methoxy groups -OCH3 is 1.